The first-order chi connectivity index (χ1) is 16.8. The zero-order valence-electron chi connectivity index (χ0n) is 19.0. The van der Waals surface area contributed by atoms with Crippen molar-refractivity contribution in [3.8, 4) is 5.75 Å². The molecule has 0 bridgehead atoms. The minimum absolute atomic E-state index is 0.0495. The molecule has 164 valence electrons. The van der Waals surface area contributed by atoms with Crippen molar-refractivity contribution < 1.29 is 4.74 Å². The highest BCUT2D eigenvalue weighted by molar-refractivity contribution is 5.97. The van der Waals surface area contributed by atoms with Gasteiger partial charge < -0.3 is 14.6 Å². The van der Waals surface area contributed by atoms with Crippen LogP contribution in [0.4, 0.5) is 5.69 Å². The van der Waals surface area contributed by atoms with E-state index >= 15 is 0 Å². The molecule has 4 aromatic carbocycles. The SMILES string of the molecule is COc1ccc2[nH]c3c(c2c1)Cc1ccccc1N1C(c2ccccc2)=Cc2ccccc2C31. The molecule has 5 aromatic rings. The van der Waals surface area contributed by atoms with Gasteiger partial charge in [-0.1, -0.05) is 72.8 Å². The predicted molar refractivity (Wildman–Crippen MR) is 139 cm³/mol. The number of ether oxygens (including phenoxy) is 1. The monoisotopic (exact) mass is 440 g/mol. The van der Waals surface area contributed by atoms with Crippen LogP contribution in [0.25, 0.3) is 22.7 Å². The molecule has 1 unspecified atom stereocenters. The molecule has 0 radical (unpaired) electrons. The van der Waals surface area contributed by atoms with Gasteiger partial charge in [-0.25, -0.2) is 0 Å². The number of fused-ring (bicyclic) bond motifs is 9. The predicted octanol–water partition coefficient (Wildman–Crippen LogP) is 7.19. The lowest BCUT2D eigenvalue weighted by Gasteiger charge is -2.39. The van der Waals surface area contributed by atoms with Crippen molar-refractivity contribution in [2.45, 2.75) is 12.5 Å². The molecule has 3 heterocycles. The average Bonchev–Trinajstić information content (AvgIpc) is 3.17. The number of benzene rings is 4. The van der Waals surface area contributed by atoms with Crippen LogP contribution >= 0.6 is 0 Å². The molecule has 34 heavy (non-hydrogen) atoms. The Kier molecular flexibility index (Phi) is 4.18. The van der Waals surface area contributed by atoms with E-state index in [4.69, 9.17) is 4.74 Å². The lowest BCUT2D eigenvalue weighted by atomic mass is 9.89. The lowest BCUT2D eigenvalue weighted by molar-refractivity contribution is 0.415. The van der Waals surface area contributed by atoms with E-state index in [1.807, 2.05) is 6.07 Å². The van der Waals surface area contributed by atoms with Crippen molar-refractivity contribution in [3.05, 3.63) is 131 Å². The maximum atomic E-state index is 5.59. The van der Waals surface area contributed by atoms with Crippen molar-refractivity contribution in [3.63, 3.8) is 0 Å². The summed E-state index contributed by atoms with van der Waals surface area (Å²) in [5.41, 5.74) is 11.4. The Morgan fingerprint density at radius 3 is 2.53 bits per heavy atom. The number of aromatic nitrogens is 1. The third kappa shape index (κ3) is 2.77. The van der Waals surface area contributed by atoms with Crippen LogP contribution in [0.3, 0.4) is 0 Å². The number of H-pyrrole nitrogens is 1. The molecule has 2 aliphatic rings. The van der Waals surface area contributed by atoms with Gasteiger partial charge in [-0.3, -0.25) is 0 Å². The molecule has 3 nitrogen and oxygen atoms in total. The van der Waals surface area contributed by atoms with Crippen LogP contribution in [-0.4, -0.2) is 12.1 Å². The third-order valence-electron chi connectivity index (χ3n) is 7.21. The smallest absolute Gasteiger partial charge is 0.119 e. The number of rotatable bonds is 2. The van der Waals surface area contributed by atoms with Crippen LogP contribution in [0.5, 0.6) is 5.75 Å². The summed E-state index contributed by atoms with van der Waals surface area (Å²) in [4.78, 5) is 6.36. The van der Waals surface area contributed by atoms with E-state index < -0.39 is 0 Å². The van der Waals surface area contributed by atoms with Crippen LogP contribution < -0.4 is 9.64 Å². The largest absolute Gasteiger partial charge is 0.497 e. The Morgan fingerprint density at radius 1 is 0.853 bits per heavy atom. The number of para-hydroxylation sites is 1. The van der Waals surface area contributed by atoms with Gasteiger partial charge in [0, 0.05) is 34.4 Å². The summed E-state index contributed by atoms with van der Waals surface area (Å²) >= 11 is 0. The number of nitrogens with one attached hydrogen (secondary N) is 1. The molecular formula is C31H24N2O. The van der Waals surface area contributed by atoms with Crippen molar-refractivity contribution >= 4 is 28.4 Å². The Morgan fingerprint density at radius 2 is 1.65 bits per heavy atom. The van der Waals surface area contributed by atoms with Crippen LogP contribution in [0.15, 0.2) is 97.1 Å². The van der Waals surface area contributed by atoms with Crippen LogP contribution in [0.2, 0.25) is 0 Å². The van der Waals surface area contributed by atoms with Gasteiger partial charge in [0.25, 0.3) is 0 Å². The molecule has 7 rings (SSSR count). The molecule has 0 spiro atoms. The van der Waals surface area contributed by atoms with Gasteiger partial charge in [-0.15, -0.1) is 0 Å². The second-order valence-electron chi connectivity index (χ2n) is 9.03. The molecule has 0 saturated heterocycles. The van der Waals surface area contributed by atoms with E-state index in [2.05, 4.69) is 107 Å². The molecule has 0 saturated carbocycles. The average molecular weight is 441 g/mol. The molecule has 1 aromatic heterocycles. The number of methoxy groups -OCH3 is 1. The topological polar surface area (TPSA) is 28.3 Å². The third-order valence-corrected chi connectivity index (χ3v) is 7.21. The highest BCUT2D eigenvalue weighted by Gasteiger charge is 2.37. The molecule has 3 heteroatoms. The first kappa shape index (κ1) is 19.2. The first-order valence-electron chi connectivity index (χ1n) is 11.7. The number of hydrogen-bond donors (Lipinski definition) is 1. The van der Waals surface area contributed by atoms with Gasteiger partial charge in [0.2, 0.25) is 0 Å². The summed E-state index contributed by atoms with van der Waals surface area (Å²) in [5.74, 6) is 0.887. The highest BCUT2D eigenvalue weighted by Crippen LogP contribution is 2.50. The van der Waals surface area contributed by atoms with Crippen molar-refractivity contribution in [2.75, 3.05) is 12.0 Å². The van der Waals surface area contributed by atoms with Crippen LogP contribution in [0, 0.1) is 0 Å². The van der Waals surface area contributed by atoms with Crippen LogP contribution in [0.1, 0.15) is 39.6 Å². The summed E-state index contributed by atoms with van der Waals surface area (Å²) in [6.45, 7) is 0. The van der Waals surface area contributed by atoms with E-state index in [1.54, 1.807) is 7.11 Å². The molecule has 2 aliphatic heterocycles. The summed E-state index contributed by atoms with van der Waals surface area (Å²) in [6, 6.07) is 34.8. The Balaban J connectivity index is 1.58. The summed E-state index contributed by atoms with van der Waals surface area (Å²) < 4.78 is 5.59. The van der Waals surface area contributed by atoms with Crippen LogP contribution in [-0.2, 0) is 6.42 Å². The maximum absolute atomic E-state index is 5.59. The van der Waals surface area contributed by atoms with Crippen molar-refractivity contribution in [2.24, 2.45) is 0 Å². The number of hydrogen-bond acceptors (Lipinski definition) is 2. The minimum atomic E-state index is 0.0495. The first-order valence-corrected chi connectivity index (χ1v) is 11.7. The number of anilines is 1. The van der Waals surface area contributed by atoms with Crippen molar-refractivity contribution in [1.82, 2.24) is 4.98 Å². The summed E-state index contributed by atoms with van der Waals surface area (Å²) in [6.07, 6.45) is 3.21. The van der Waals surface area contributed by atoms with E-state index in [-0.39, 0.29) is 6.04 Å². The van der Waals surface area contributed by atoms with Gasteiger partial charge in [0.05, 0.1) is 7.11 Å². The van der Waals surface area contributed by atoms with Crippen molar-refractivity contribution in [1.29, 1.82) is 0 Å². The molecule has 1 atom stereocenters. The zero-order valence-corrected chi connectivity index (χ0v) is 19.0. The minimum Gasteiger partial charge on any atom is -0.497 e. The number of nitrogens with zero attached hydrogens (tertiary/aromatic N) is 1. The fraction of sp³-hybridized carbons (Fsp3) is 0.0968. The lowest BCUT2D eigenvalue weighted by Crippen LogP contribution is -2.31. The maximum Gasteiger partial charge on any atom is 0.119 e. The van der Waals surface area contributed by atoms with Gasteiger partial charge in [0.1, 0.15) is 11.8 Å². The molecule has 0 amide bonds. The van der Waals surface area contributed by atoms with Gasteiger partial charge >= 0.3 is 0 Å². The van der Waals surface area contributed by atoms with E-state index in [0.717, 1.165) is 17.7 Å². The molecule has 0 fully saturated rings. The van der Waals surface area contributed by atoms with E-state index in [1.165, 1.54) is 50.3 Å². The van der Waals surface area contributed by atoms with Gasteiger partial charge in [-0.05, 0) is 58.2 Å². The highest BCUT2D eigenvalue weighted by atomic mass is 16.5. The van der Waals surface area contributed by atoms with Gasteiger partial charge in [-0.2, -0.15) is 0 Å². The summed E-state index contributed by atoms with van der Waals surface area (Å²) in [7, 11) is 1.73. The van der Waals surface area contributed by atoms with E-state index in [0.29, 0.717) is 0 Å². The fourth-order valence-corrected chi connectivity index (χ4v) is 5.66. The Bertz CT molecular complexity index is 1580. The Hall–Kier alpha value is -4.24. The zero-order chi connectivity index (χ0) is 22.6. The second kappa shape index (κ2) is 7.39. The van der Waals surface area contributed by atoms with Gasteiger partial charge in [0.15, 0.2) is 0 Å². The fourth-order valence-electron chi connectivity index (χ4n) is 5.66. The normalized spacial score (nSPS) is 16.1. The quantitative estimate of drug-likeness (QED) is 0.315. The molecule has 0 aliphatic carbocycles. The molecule has 1 N–H and O–H groups in total. The number of aromatic amines is 1. The standard InChI is InChI=1S/C31H24N2O/c1-34-23-15-16-27-25(19-23)26-17-22-12-6-8-14-28(22)33-29(20-9-3-2-4-10-20)18-21-11-5-7-13-24(21)31(33)30(26)32-27/h2-16,18-19,31-32H,17H2,1H3. The second-order valence-corrected chi connectivity index (χ2v) is 9.03. The van der Waals surface area contributed by atoms with E-state index in [9.17, 15) is 0 Å². The molecular weight excluding hydrogens is 416 g/mol. The summed E-state index contributed by atoms with van der Waals surface area (Å²) in [5, 5.41) is 1.24. The Labute approximate surface area is 198 Å².